The number of nitrogens with one attached hydrogen (secondary N) is 1. The predicted molar refractivity (Wildman–Crippen MR) is 72.8 cm³/mol. The van der Waals surface area contributed by atoms with Crippen LogP contribution in [0.3, 0.4) is 0 Å². The number of hydrogen-bond donors (Lipinski definition) is 1. The summed E-state index contributed by atoms with van der Waals surface area (Å²) in [4.78, 5) is 11.7. The number of rotatable bonds is 4. The van der Waals surface area contributed by atoms with Crippen LogP contribution in [0.15, 0.2) is 24.3 Å². The van der Waals surface area contributed by atoms with Gasteiger partial charge in [-0.15, -0.1) is 0 Å². The van der Waals surface area contributed by atoms with E-state index in [0.29, 0.717) is 11.6 Å². The quantitative estimate of drug-likeness (QED) is 0.828. The molecule has 0 saturated heterocycles. The first-order valence-electron chi connectivity index (χ1n) is 6.70. The Morgan fingerprint density at radius 1 is 1.39 bits per heavy atom. The molecule has 18 heavy (non-hydrogen) atoms. The van der Waals surface area contributed by atoms with Gasteiger partial charge in [-0.25, -0.2) is 4.79 Å². The lowest BCUT2D eigenvalue weighted by Crippen LogP contribution is -2.24. The maximum atomic E-state index is 11.7. The summed E-state index contributed by atoms with van der Waals surface area (Å²) >= 11 is 0. The molecule has 2 unspecified atom stereocenters. The van der Waals surface area contributed by atoms with Gasteiger partial charge in [0.2, 0.25) is 0 Å². The summed E-state index contributed by atoms with van der Waals surface area (Å²) in [5.74, 6) is 0.444. The number of carbonyl (C=O) groups is 1. The van der Waals surface area contributed by atoms with E-state index in [0.717, 1.165) is 11.6 Å². The molecule has 1 aromatic carbocycles. The van der Waals surface area contributed by atoms with Gasteiger partial charge < -0.3 is 10.1 Å². The van der Waals surface area contributed by atoms with Gasteiger partial charge >= 0.3 is 5.97 Å². The topological polar surface area (TPSA) is 38.3 Å². The Balaban J connectivity index is 2.16. The molecule has 1 aliphatic carbocycles. The minimum absolute atomic E-state index is 0.274. The van der Waals surface area contributed by atoms with E-state index in [1.54, 1.807) is 0 Å². The standard InChI is InChI=1S/C15H21NO2/c1-3-11-7-6-10-13(11)16-14-9-5-4-8-12(14)15(17)18-2/h4-5,8-9,11,13,16H,3,6-7,10H2,1-2H3. The average molecular weight is 247 g/mol. The van der Waals surface area contributed by atoms with Gasteiger partial charge in [-0.3, -0.25) is 0 Å². The third-order valence-corrected chi connectivity index (χ3v) is 3.86. The molecule has 0 spiro atoms. The number of benzene rings is 1. The summed E-state index contributed by atoms with van der Waals surface area (Å²) in [6.07, 6.45) is 4.94. The SMILES string of the molecule is CCC1CCCC1Nc1ccccc1C(=O)OC. The van der Waals surface area contributed by atoms with Crippen LogP contribution >= 0.6 is 0 Å². The Kier molecular flexibility index (Phi) is 4.24. The minimum Gasteiger partial charge on any atom is -0.465 e. The van der Waals surface area contributed by atoms with Crippen molar-refractivity contribution < 1.29 is 9.53 Å². The molecule has 0 aliphatic heterocycles. The van der Waals surface area contributed by atoms with Crippen LogP contribution in [0.1, 0.15) is 43.0 Å². The zero-order chi connectivity index (χ0) is 13.0. The molecule has 3 nitrogen and oxygen atoms in total. The fourth-order valence-corrected chi connectivity index (χ4v) is 2.81. The molecule has 2 rings (SSSR count). The molecule has 0 heterocycles. The molecule has 0 aromatic heterocycles. The van der Waals surface area contributed by atoms with E-state index in [-0.39, 0.29) is 5.97 Å². The first kappa shape index (κ1) is 12.9. The van der Waals surface area contributed by atoms with Crippen molar-refractivity contribution in [2.24, 2.45) is 5.92 Å². The number of methoxy groups -OCH3 is 1. The van der Waals surface area contributed by atoms with Crippen molar-refractivity contribution in [2.75, 3.05) is 12.4 Å². The lowest BCUT2D eigenvalue weighted by molar-refractivity contribution is 0.0602. The van der Waals surface area contributed by atoms with Gasteiger partial charge in [0, 0.05) is 11.7 Å². The minimum atomic E-state index is -0.274. The number of anilines is 1. The number of hydrogen-bond acceptors (Lipinski definition) is 3. The van der Waals surface area contributed by atoms with Crippen molar-refractivity contribution in [1.29, 1.82) is 0 Å². The van der Waals surface area contributed by atoms with E-state index in [2.05, 4.69) is 12.2 Å². The lowest BCUT2D eigenvalue weighted by Gasteiger charge is -2.22. The van der Waals surface area contributed by atoms with E-state index in [1.807, 2.05) is 24.3 Å². The number of carbonyl (C=O) groups excluding carboxylic acids is 1. The van der Waals surface area contributed by atoms with Crippen LogP contribution < -0.4 is 5.32 Å². The van der Waals surface area contributed by atoms with Gasteiger partial charge in [0.25, 0.3) is 0 Å². The van der Waals surface area contributed by atoms with Crippen molar-refractivity contribution >= 4 is 11.7 Å². The van der Waals surface area contributed by atoms with Crippen LogP contribution in [0.5, 0.6) is 0 Å². The molecule has 0 bridgehead atoms. The van der Waals surface area contributed by atoms with Crippen molar-refractivity contribution in [3.05, 3.63) is 29.8 Å². The second-order valence-corrected chi connectivity index (χ2v) is 4.89. The zero-order valence-corrected chi connectivity index (χ0v) is 11.1. The summed E-state index contributed by atoms with van der Waals surface area (Å²) in [7, 11) is 1.42. The van der Waals surface area contributed by atoms with Gasteiger partial charge in [0.05, 0.1) is 12.7 Å². The third kappa shape index (κ3) is 2.66. The van der Waals surface area contributed by atoms with E-state index in [1.165, 1.54) is 32.8 Å². The first-order chi connectivity index (χ1) is 8.76. The Hall–Kier alpha value is -1.51. The van der Waals surface area contributed by atoms with E-state index in [9.17, 15) is 4.79 Å². The molecule has 0 radical (unpaired) electrons. The molecular formula is C15H21NO2. The van der Waals surface area contributed by atoms with E-state index < -0.39 is 0 Å². The van der Waals surface area contributed by atoms with Crippen LogP contribution in [0, 0.1) is 5.92 Å². The zero-order valence-electron chi connectivity index (χ0n) is 11.1. The van der Waals surface area contributed by atoms with Crippen LogP contribution in [0.2, 0.25) is 0 Å². The highest BCUT2D eigenvalue weighted by Gasteiger charge is 2.26. The summed E-state index contributed by atoms with van der Waals surface area (Å²) in [5.41, 5.74) is 1.52. The molecule has 1 aromatic rings. The number of ether oxygens (including phenoxy) is 1. The highest BCUT2D eigenvalue weighted by Crippen LogP contribution is 2.31. The van der Waals surface area contributed by atoms with Gasteiger partial charge in [-0.2, -0.15) is 0 Å². The molecule has 3 heteroatoms. The molecule has 1 aliphatic rings. The van der Waals surface area contributed by atoms with Crippen molar-refractivity contribution in [3.63, 3.8) is 0 Å². The van der Waals surface area contributed by atoms with Gasteiger partial charge in [-0.1, -0.05) is 31.9 Å². The van der Waals surface area contributed by atoms with E-state index >= 15 is 0 Å². The molecule has 2 atom stereocenters. The maximum Gasteiger partial charge on any atom is 0.339 e. The highest BCUT2D eigenvalue weighted by molar-refractivity contribution is 5.95. The van der Waals surface area contributed by atoms with Gasteiger partial charge in [0.15, 0.2) is 0 Å². The van der Waals surface area contributed by atoms with Crippen molar-refractivity contribution in [3.8, 4) is 0 Å². The third-order valence-electron chi connectivity index (χ3n) is 3.86. The van der Waals surface area contributed by atoms with Crippen molar-refractivity contribution in [2.45, 2.75) is 38.6 Å². The summed E-state index contributed by atoms with van der Waals surface area (Å²) in [5, 5.41) is 3.52. The molecule has 1 saturated carbocycles. The number of para-hydroxylation sites is 1. The van der Waals surface area contributed by atoms with Crippen LogP contribution in [0.4, 0.5) is 5.69 Å². The molecule has 98 valence electrons. The van der Waals surface area contributed by atoms with Crippen LogP contribution in [-0.4, -0.2) is 19.1 Å². The van der Waals surface area contributed by atoms with Crippen molar-refractivity contribution in [1.82, 2.24) is 0 Å². The van der Waals surface area contributed by atoms with Crippen LogP contribution in [-0.2, 0) is 4.74 Å². The Morgan fingerprint density at radius 2 is 2.17 bits per heavy atom. The predicted octanol–water partition coefficient (Wildman–Crippen LogP) is 3.46. The molecule has 1 N–H and O–H groups in total. The average Bonchev–Trinajstić information content (AvgIpc) is 2.86. The largest absolute Gasteiger partial charge is 0.465 e. The van der Waals surface area contributed by atoms with Crippen LogP contribution in [0.25, 0.3) is 0 Å². The van der Waals surface area contributed by atoms with E-state index in [4.69, 9.17) is 4.74 Å². The van der Waals surface area contributed by atoms with Gasteiger partial charge in [-0.05, 0) is 30.9 Å². The summed E-state index contributed by atoms with van der Waals surface area (Å²) in [6, 6.07) is 8.07. The smallest absolute Gasteiger partial charge is 0.339 e. The molecular weight excluding hydrogens is 226 g/mol. The normalized spacial score (nSPS) is 22.8. The fourth-order valence-electron chi connectivity index (χ4n) is 2.81. The second kappa shape index (κ2) is 5.89. The second-order valence-electron chi connectivity index (χ2n) is 4.89. The Bertz CT molecular complexity index is 417. The monoisotopic (exact) mass is 247 g/mol. The Morgan fingerprint density at radius 3 is 2.89 bits per heavy atom. The fraction of sp³-hybridized carbons (Fsp3) is 0.533. The molecule has 1 fully saturated rings. The first-order valence-corrected chi connectivity index (χ1v) is 6.70. The lowest BCUT2D eigenvalue weighted by atomic mass is 10.00. The summed E-state index contributed by atoms with van der Waals surface area (Å²) in [6.45, 7) is 2.23. The Labute approximate surface area is 109 Å². The maximum absolute atomic E-state index is 11.7. The summed E-state index contributed by atoms with van der Waals surface area (Å²) < 4.78 is 4.82. The highest BCUT2D eigenvalue weighted by atomic mass is 16.5. The number of esters is 1. The molecule has 0 amide bonds. The van der Waals surface area contributed by atoms with Gasteiger partial charge in [0.1, 0.15) is 0 Å².